The average Bonchev–Trinajstić information content (AvgIpc) is 2.79. The number of benzene rings is 2. The number of hydrogen-bond donors (Lipinski definition) is 1. The highest BCUT2D eigenvalue weighted by Crippen LogP contribution is 2.42. The Labute approximate surface area is 158 Å². The van der Waals surface area contributed by atoms with Gasteiger partial charge >= 0.3 is 0 Å². The van der Waals surface area contributed by atoms with E-state index in [1.54, 1.807) is 0 Å². The quantitative estimate of drug-likeness (QED) is 0.525. The summed E-state index contributed by atoms with van der Waals surface area (Å²) < 4.78 is 8.95. The van der Waals surface area contributed by atoms with Crippen molar-refractivity contribution in [2.24, 2.45) is 7.05 Å². The highest BCUT2D eigenvalue weighted by atomic mass is 28.4. The number of fused-ring (bicyclic) bond motifs is 1. The molecule has 26 heavy (non-hydrogen) atoms. The number of para-hydroxylation sites is 1. The van der Waals surface area contributed by atoms with E-state index in [9.17, 15) is 0 Å². The molecule has 1 heterocycles. The van der Waals surface area contributed by atoms with E-state index in [1.165, 1.54) is 16.6 Å². The first-order chi connectivity index (χ1) is 12.1. The lowest BCUT2D eigenvalue weighted by molar-refractivity contribution is 0.491. The van der Waals surface area contributed by atoms with Crippen molar-refractivity contribution in [3.8, 4) is 5.75 Å². The topological polar surface area (TPSA) is 26.2 Å². The van der Waals surface area contributed by atoms with Crippen LogP contribution in [0, 0.1) is 6.92 Å². The molecule has 0 unspecified atom stereocenters. The Kier molecular flexibility index (Phi) is 4.65. The van der Waals surface area contributed by atoms with E-state index in [4.69, 9.17) is 4.43 Å². The van der Waals surface area contributed by atoms with Crippen LogP contribution in [0.5, 0.6) is 5.75 Å². The molecule has 0 amide bonds. The maximum absolute atomic E-state index is 6.73. The second-order valence-corrected chi connectivity index (χ2v) is 13.3. The number of hydrogen-bond acceptors (Lipinski definition) is 2. The summed E-state index contributed by atoms with van der Waals surface area (Å²) in [6.07, 6.45) is 0. The van der Waals surface area contributed by atoms with Crippen LogP contribution < -0.4 is 9.74 Å². The van der Waals surface area contributed by atoms with Gasteiger partial charge in [-0.15, -0.1) is 0 Å². The predicted molar refractivity (Wildman–Crippen MR) is 115 cm³/mol. The molecule has 0 bridgehead atoms. The van der Waals surface area contributed by atoms with Crippen LogP contribution in [-0.4, -0.2) is 12.9 Å². The molecule has 0 saturated carbocycles. The minimum atomic E-state index is -1.91. The van der Waals surface area contributed by atoms with Crippen LogP contribution >= 0.6 is 0 Å². The van der Waals surface area contributed by atoms with Crippen molar-refractivity contribution in [3.63, 3.8) is 0 Å². The molecule has 4 heteroatoms. The van der Waals surface area contributed by atoms with Gasteiger partial charge in [0, 0.05) is 23.8 Å². The first-order valence-corrected chi connectivity index (χ1v) is 12.1. The first kappa shape index (κ1) is 18.6. The standard InChI is InChI=1S/C22H30N2OSi/c1-16-21(25-26(6,7)22(2,3)4)19-15-18(13-14-20(19)24(16)5)23-17-11-9-8-10-12-17/h8-15,23H,1-7H3. The predicted octanol–water partition coefficient (Wildman–Crippen LogP) is 6.61. The van der Waals surface area contributed by atoms with Crippen molar-refractivity contribution in [1.82, 2.24) is 4.57 Å². The lowest BCUT2D eigenvalue weighted by Gasteiger charge is -2.36. The van der Waals surface area contributed by atoms with Crippen LogP contribution in [0.15, 0.2) is 48.5 Å². The molecule has 0 fully saturated rings. The fourth-order valence-electron chi connectivity index (χ4n) is 2.84. The first-order valence-electron chi connectivity index (χ1n) is 9.20. The molecule has 0 spiro atoms. The molecule has 0 aliphatic carbocycles. The van der Waals surface area contributed by atoms with Crippen LogP contribution in [-0.2, 0) is 7.05 Å². The highest BCUT2D eigenvalue weighted by Gasteiger charge is 2.40. The van der Waals surface area contributed by atoms with Gasteiger partial charge in [-0.05, 0) is 55.4 Å². The number of aromatic nitrogens is 1. The molecule has 0 radical (unpaired) electrons. The molecule has 0 saturated heterocycles. The summed E-state index contributed by atoms with van der Waals surface area (Å²) in [4.78, 5) is 0. The van der Waals surface area contributed by atoms with Gasteiger partial charge in [0.2, 0.25) is 0 Å². The molecule has 3 aromatic rings. The molecule has 0 aliphatic rings. The van der Waals surface area contributed by atoms with Crippen molar-refractivity contribution in [1.29, 1.82) is 0 Å². The molecule has 3 rings (SSSR count). The van der Waals surface area contributed by atoms with Gasteiger partial charge in [0.15, 0.2) is 0 Å². The minimum Gasteiger partial charge on any atom is -0.542 e. The van der Waals surface area contributed by atoms with E-state index in [0.717, 1.165) is 17.1 Å². The number of nitrogens with zero attached hydrogens (tertiary/aromatic N) is 1. The van der Waals surface area contributed by atoms with Gasteiger partial charge in [0.25, 0.3) is 8.32 Å². The Bertz CT molecular complexity index is 921. The van der Waals surface area contributed by atoms with Crippen LogP contribution in [0.3, 0.4) is 0 Å². The van der Waals surface area contributed by atoms with Crippen molar-refractivity contribution in [3.05, 3.63) is 54.2 Å². The summed E-state index contributed by atoms with van der Waals surface area (Å²) in [6, 6.07) is 16.8. The van der Waals surface area contributed by atoms with Gasteiger partial charge in [-0.3, -0.25) is 0 Å². The molecule has 0 atom stereocenters. The largest absolute Gasteiger partial charge is 0.542 e. The minimum absolute atomic E-state index is 0.168. The van der Waals surface area contributed by atoms with Crippen LogP contribution in [0.4, 0.5) is 11.4 Å². The second-order valence-electron chi connectivity index (χ2n) is 8.56. The summed E-state index contributed by atoms with van der Waals surface area (Å²) in [7, 11) is 0.205. The van der Waals surface area contributed by atoms with Gasteiger partial charge in [0.05, 0.1) is 11.2 Å². The lowest BCUT2D eigenvalue weighted by atomic mass is 10.2. The zero-order chi connectivity index (χ0) is 19.1. The monoisotopic (exact) mass is 366 g/mol. The molecule has 0 aliphatic heterocycles. The van der Waals surface area contributed by atoms with Gasteiger partial charge in [-0.2, -0.15) is 0 Å². The fourth-order valence-corrected chi connectivity index (χ4v) is 3.92. The number of nitrogens with one attached hydrogen (secondary N) is 1. The third-order valence-electron chi connectivity index (χ3n) is 5.66. The highest BCUT2D eigenvalue weighted by molar-refractivity contribution is 6.74. The molecule has 2 aromatic carbocycles. The summed E-state index contributed by atoms with van der Waals surface area (Å²) in [5.74, 6) is 1.03. The van der Waals surface area contributed by atoms with E-state index < -0.39 is 8.32 Å². The Morgan fingerprint density at radius 2 is 1.62 bits per heavy atom. The Hall–Kier alpha value is -2.20. The zero-order valence-electron chi connectivity index (χ0n) is 17.0. The number of aryl methyl sites for hydroxylation is 1. The van der Waals surface area contributed by atoms with Crippen molar-refractivity contribution >= 4 is 30.6 Å². The van der Waals surface area contributed by atoms with Gasteiger partial charge in [-0.1, -0.05) is 39.0 Å². The Morgan fingerprint density at radius 1 is 0.962 bits per heavy atom. The van der Waals surface area contributed by atoms with E-state index in [1.807, 2.05) is 18.2 Å². The van der Waals surface area contributed by atoms with E-state index in [0.29, 0.717) is 0 Å². The smallest absolute Gasteiger partial charge is 0.250 e. The second kappa shape index (κ2) is 6.51. The third-order valence-corrected chi connectivity index (χ3v) is 9.99. The van der Waals surface area contributed by atoms with E-state index in [2.05, 4.69) is 88.1 Å². The molecular formula is C22H30N2OSi. The maximum Gasteiger partial charge on any atom is 0.250 e. The van der Waals surface area contributed by atoms with Crippen molar-refractivity contribution in [2.75, 3.05) is 5.32 Å². The third kappa shape index (κ3) is 3.38. The molecule has 1 aromatic heterocycles. The zero-order valence-corrected chi connectivity index (χ0v) is 18.0. The summed E-state index contributed by atoms with van der Waals surface area (Å²) in [6.45, 7) is 13.6. The van der Waals surface area contributed by atoms with Crippen LogP contribution in [0.2, 0.25) is 18.1 Å². The summed E-state index contributed by atoms with van der Waals surface area (Å²) >= 11 is 0. The Balaban J connectivity index is 2.05. The fraction of sp³-hybridized carbons (Fsp3) is 0.364. The Morgan fingerprint density at radius 3 is 2.23 bits per heavy atom. The number of anilines is 2. The molecular weight excluding hydrogens is 336 g/mol. The van der Waals surface area contributed by atoms with E-state index >= 15 is 0 Å². The molecule has 138 valence electrons. The van der Waals surface area contributed by atoms with E-state index in [-0.39, 0.29) is 5.04 Å². The molecule has 3 nitrogen and oxygen atoms in total. The van der Waals surface area contributed by atoms with Gasteiger partial charge in [-0.25, -0.2) is 0 Å². The van der Waals surface area contributed by atoms with Crippen molar-refractivity contribution < 1.29 is 4.43 Å². The SMILES string of the molecule is Cc1c(O[Si](C)(C)C(C)(C)C)c2cc(Nc3ccccc3)ccc2n1C. The van der Waals surface area contributed by atoms with Gasteiger partial charge < -0.3 is 14.3 Å². The van der Waals surface area contributed by atoms with Gasteiger partial charge in [0.1, 0.15) is 5.75 Å². The van der Waals surface area contributed by atoms with Crippen LogP contribution in [0.1, 0.15) is 26.5 Å². The average molecular weight is 367 g/mol. The van der Waals surface area contributed by atoms with Crippen LogP contribution in [0.25, 0.3) is 10.9 Å². The summed E-state index contributed by atoms with van der Waals surface area (Å²) in [5.41, 5.74) is 4.55. The number of rotatable bonds is 4. The molecule has 1 N–H and O–H groups in total. The maximum atomic E-state index is 6.73. The normalized spacial score (nSPS) is 12.4. The lowest BCUT2D eigenvalue weighted by Crippen LogP contribution is -2.44. The van der Waals surface area contributed by atoms with Crippen molar-refractivity contribution in [2.45, 2.75) is 45.8 Å². The summed E-state index contributed by atoms with van der Waals surface area (Å²) in [5, 5.41) is 4.84.